The number of rotatable bonds is 7. The van der Waals surface area contributed by atoms with E-state index in [0.717, 1.165) is 17.1 Å². The second-order valence-corrected chi connectivity index (χ2v) is 3.85. The maximum Gasteiger partial charge on any atom is 0.418 e. The van der Waals surface area contributed by atoms with Gasteiger partial charge in [-0.25, -0.2) is 14.4 Å². The fourth-order valence-electron chi connectivity index (χ4n) is 1.05. The van der Waals surface area contributed by atoms with Crippen LogP contribution in [0.1, 0.15) is 20.3 Å². The SMILES string of the molecule is CCCOC(=O)/C=C/C(=O)OC(=O)N(C)CC(=O)OCC. The van der Waals surface area contributed by atoms with E-state index in [9.17, 15) is 19.2 Å². The van der Waals surface area contributed by atoms with Gasteiger partial charge in [0.15, 0.2) is 0 Å². The van der Waals surface area contributed by atoms with E-state index in [4.69, 9.17) is 0 Å². The molecule has 0 aliphatic rings. The summed E-state index contributed by atoms with van der Waals surface area (Å²) in [5, 5.41) is 0. The smallest absolute Gasteiger partial charge is 0.418 e. The quantitative estimate of drug-likeness (QED) is 0.294. The normalized spacial score (nSPS) is 10.0. The van der Waals surface area contributed by atoms with Crippen molar-refractivity contribution >= 4 is 24.0 Å². The molecule has 0 rings (SSSR count). The molecule has 0 N–H and O–H groups in total. The summed E-state index contributed by atoms with van der Waals surface area (Å²) in [5.41, 5.74) is 0. The molecular formula is C13H19NO7. The Hall–Kier alpha value is -2.38. The highest BCUT2D eigenvalue weighted by Gasteiger charge is 2.17. The summed E-state index contributed by atoms with van der Waals surface area (Å²) in [4.78, 5) is 45.8. The zero-order chi connectivity index (χ0) is 16.3. The molecule has 1 amide bonds. The van der Waals surface area contributed by atoms with Crippen molar-refractivity contribution in [3.8, 4) is 0 Å². The first-order valence-corrected chi connectivity index (χ1v) is 6.38. The first-order chi connectivity index (χ1) is 9.90. The maximum absolute atomic E-state index is 11.4. The van der Waals surface area contributed by atoms with Gasteiger partial charge in [0.2, 0.25) is 0 Å². The van der Waals surface area contributed by atoms with Gasteiger partial charge in [-0.1, -0.05) is 6.92 Å². The van der Waals surface area contributed by atoms with Crippen LogP contribution < -0.4 is 0 Å². The second-order valence-electron chi connectivity index (χ2n) is 3.85. The van der Waals surface area contributed by atoms with Crippen LogP contribution in [0.2, 0.25) is 0 Å². The zero-order valence-electron chi connectivity index (χ0n) is 12.3. The highest BCUT2D eigenvalue weighted by molar-refractivity contribution is 5.96. The lowest BCUT2D eigenvalue weighted by Gasteiger charge is -2.14. The number of esters is 3. The molecule has 0 aromatic carbocycles. The Labute approximate surface area is 122 Å². The molecule has 0 aromatic heterocycles. The Morgan fingerprint density at radius 3 is 2.19 bits per heavy atom. The summed E-state index contributed by atoms with van der Waals surface area (Å²) in [6.07, 6.45) is 1.26. The fraction of sp³-hybridized carbons (Fsp3) is 0.538. The standard InChI is InChI=1S/C13H19NO7/c1-4-8-20-10(15)6-7-11(16)21-13(18)14(3)9-12(17)19-5-2/h6-7H,4-5,8-9H2,1-3H3/b7-6+. The number of ether oxygens (including phenoxy) is 3. The molecule has 0 bridgehead atoms. The van der Waals surface area contributed by atoms with Gasteiger partial charge >= 0.3 is 24.0 Å². The lowest BCUT2D eigenvalue weighted by molar-refractivity contribution is -0.144. The Kier molecular flexibility index (Phi) is 9.23. The lowest BCUT2D eigenvalue weighted by Crippen LogP contribution is -2.34. The third kappa shape index (κ3) is 9.20. The van der Waals surface area contributed by atoms with Gasteiger partial charge in [0, 0.05) is 19.2 Å². The summed E-state index contributed by atoms with van der Waals surface area (Å²) in [6.45, 7) is 3.52. The molecule has 0 heterocycles. The average Bonchev–Trinajstić information content (AvgIpc) is 2.42. The van der Waals surface area contributed by atoms with Gasteiger partial charge in [0.25, 0.3) is 0 Å². The van der Waals surface area contributed by atoms with Gasteiger partial charge in [-0.05, 0) is 13.3 Å². The van der Waals surface area contributed by atoms with Crippen molar-refractivity contribution in [1.82, 2.24) is 4.90 Å². The lowest BCUT2D eigenvalue weighted by atomic mass is 10.5. The second kappa shape index (κ2) is 10.4. The summed E-state index contributed by atoms with van der Waals surface area (Å²) >= 11 is 0. The number of carbonyl (C=O) groups is 4. The van der Waals surface area contributed by atoms with E-state index in [1.807, 2.05) is 6.92 Å². The fourth-order valence-corrected chi connectivity index (χ4v) is 1.05. The predicted molar refractivity (Wildman–Crippen MR) is 71.1 cm³/mol. The summed E-state index contributed by atoms with van der Waals surface area (Å²) in [7, 11) is 1.27. The van der Waals surface area contributed by atoms with Gasteiger partial charge < -0.3 is 14.2 Å². The van der Waals surface area contributed by atoms with E-state index in [-0.39, 0.29) is 19.8 Å². The van der Waals surface area contributed by atoms with Crippen molar-refractivity contribution in [2.75, 3.05) is 26.8 Å². The molecule has 0 aromatic rings. The minimum Gasteiger partial charge on any atom is -0.465 e. The van der Waals surface area contributed by atoms with E-state index >= 15 is 0 Å². The van der Waals surface area contributed by atoms with Crippen LogP contribution in [0.4, 0.5) is 4.79 Å². The van der Waals surface area contributed by atoms with Crippen LogP contribution in [0.15, 0.2) is 12.2 Å². The van der Waals surface area contributed by atoms with Crippen molar-refractivity contribution in [3.63, 3.8) is 0 Å². The zero-order valence-corrected chi connectivity index (χ0v) is 12.3. The topological polar surface area (TPSA) is 99.2 Å². The van der Waals surface area contributed by atoms with E-state index in [1.54, 1.807) is 6.92 Å². The van der Waals surface area contributed by atoms with Crippen molar-refractivity contribution in [1.29, 1.82) is 0 Å². The number of carbonyl (C=O) groups excluding carboxylic acids is 4. The van der Waals surface area contributed by atoms with Gasteiger partial charge in [0.05, 0.1) is 13.2 Å². The number of amides is 1. The monoisotopic (exact) mass is 301 g/mol. The Balaban J connectivity index is 4.19. The minimum atomic E-state index is -1.04. The summed E-state index contributed by atoms with van der Waals surface area (Å²) < 4.78 is 13.7. The van der Waals surface area contributed by atoms with Gasteiger partial charge in [-0.2, -0.15) is 0 Å². The largest absolute Gasteiger partial charge is 0.465 e. The van der Waals surface area contributed by atoms with Crippen LogP contribution >= 0.6 is 0 Å². The molecule has 0 saturated carbocycles. The number of hydrogen-bond acceptors (Lipinski definition) is 7. The Morgan fingerprint density at radius 2 is 1.62 bits per heavy atom. The van der Waals surface area contributed by atoms with E-state index in [2.05, 4.69) is 14.2 Å². The molecule has 8 nitrogen and oxygen atoms in total. The molecule has 0 unspecified atom stereocenters. The van der Waals surface area contributed by atoms with E-state index in [0.29, 0.717) is 6.42 Å². The molecule has 0 spiro atoms. The highest BCUT2D eigenvalue weighted by Crippen LogP contribution is 1.94. The summed E-state index contributed by atoms with van der Waals surface area (Å²) in [6, 6.07) is 0. The first-order valence-electron chi connectivity index (χ1n) is 6.38. The molecule has 0 radical (unpaired) electrons. The Morgan fingerprint density at radius 1 is 1.00 bits per heavy atom. The van der Waals surface area contributed by atoms with Crippen LogP contribution in [0.5, 0.6) is 0 Å². The van der Waals surface area contributed by atoms with Gasteiger partial charge in [0.1, 0.15) is 6.54 Å². The number of hydrogen-bond donors (Lipinski definition) is 0. The van der Waals surface area contributed by atoms with E-state index < -0.39 is 24.0 Å². The summed E-state index contributed by atoms with van der Waals surface area (Å²) in [5.74, 6) is -2.37. The number of likely N-dealkylation sites (N-methyl/N-ethyl adjacent to an activating group) is 1. The van der Waals surface area contributed by atoms with Gasteiger partial charge in [-0.3, -0.25) is 9.69 Å². The predicted octanol–water partition coefficient (Wildman–Crippen LogP) is 0.654. The van der Waals surface area contributed by atoms with Crippen LogP contribution in [-0.4, -0.2) is 55.7 Å². The van der Waals surface area contributed by atoms with Crippen molar-refractivity contribution in [2.24, 2.45) is 0 Å². The molecule has 8 heteroatoms. The van der Waals surface area contributed by atoms with Crippen molar-refractivity contribution in [2.45, 2.75) is 20.3 Å². The molecular weight excluding hydrogens is 282 g/mol. The number of nitrogens with zero attached hydrogens (tertiary/aromatic N) is 1. The molecule has 0 saturated heterocycles. The molecule has 0 atom stereocenters. The maximum atomic E-state index is 11.4. The minimum absolute atomic E-state index is 0.184. The molecule has 0 fully saturated rings. The van der Waals surface area contributed by atoms with Crippen molar-refractivity contribution < 1.29 is 33.4 Å². The third-order valence-corrected chi connectivity index (χ3v) is 1.98. The molecule has 0 aliphatic carbocycles. The van der Waals surface area contributed by atoms with Crippen LogP contribution in [0.3, 0.4) is 0 Å². The molecule has 21 heavy (non-hydrogen) atoms. The first kappa shape index (κ1) is 18.6. The highest BCUT2D eigenvalue weighted by atomic mass is 16.6. The molecule has 0 aliphatic heterocycles. The average molecular weight is 301 g/mol. The van der Waals surface area contributed by atoms with E-state index in [1.165, 1.54) is 7.05 Å². The van der Waals surface area contributed by atoms with Gasteiger partial charge in [-0.15, -0.1) is 0 Å². The molecule has 118 valence electrons. The van der Waals surface area contributed by atoms with Crippen LogP contribution in [0, 0.1) is 0 Å². The third-order valence-electron chi connectivity index (χ3n) is 1.98. The van der Waals surface area contributed by atoms with Crippen molar-refractivity contribution in [3.05, 3.63) is 12.2 Å². The van der Waals surface area contributed by atoms with Crippen LogP contribution in [-0.2, 0) is 28.6 Å². The Bertz CT molecular complexity index is 417. The van der Waals surface area contributed by atoms with Crippen LogP contribution in [0.25, 0.3) is 0 Å².